The average Bonchev–Trinajstić information content (AvgIpc) is 2.94. The SMILES string of the molecule is O=C1C[C@H](c2cccc(F)c2F)c2cc3c(cc2N1)OCO3. The highest BCUT2D eigenvalue weighted by Crippen LogP contribution is 2.45. The summed E-state index contributed by atoms with van der Waals surface area (Å²) in [5.74, 6) is -1.60. The molecule has 1 amide bonds. The molecular weight excluding hydrogens is 292 g/mol. The molecule has 0 bridgehead atoms. The molecule has 2 aromatic carbocycles. The molecule has 112 valence electrons. The molecule has 4 nitrogen and oxygen atoms in total. The second kappa shape index (κ2) is 4.69. The van der Waals surface area contributed by atoms with Crippen LogP contribution in [-0.2, 0) is 4.79 Å². The van der Waals surface area contributed by atoms with Crippen molar-refractivity contribution in [3.63, 3.8) is 0 Å². The van der Waals surface area contributed by atoms with Crippen LogP contribution in [0.2, 0.25) is 0 Å². The topological polar surface area (TPSA) is 47.6 Å². The van der Waals surface area contributed by atoms with Crippen molar-refractivity contribution in [3.8, 4) is 11.5 Å². The molecule has 6 heteroatoms. The summed E-state index contributed by atoms with van der Waals surface area (Å²) in [5, 5.41) is 2.73. The number of carbonyl (C=O) groups excluding carboxylic acids is 1. The van der Waals surface area contributed by atoms with Gasteiger partial charge in [0.1, 0.15) is 0 Å². The number of rotatable bonds is 1. The summed E-state index contributed by atoms with van der Waals surface area (Å²) in [6.07, 6.45) is 0.0486. The Morgan fingerprint density at radius 3 is 2.68 bits per heavy atom. The van der Waals surface area contributed by atoms with Crippen molar-refractivity contribution in [2.75, 3.05) is 12.1 Å². The predicted octanol–water partition coefficient (Wildman–Crippen LogP) is 3.17. The van der Waals surface area contributed by atoms with Gasteiger partial charge in [-0.05, 0) is 23.3 Å². The van der Waals surface area contributed by atoms with Crippen LogP contribution in [0.1, 0.15) is 23.5 Å². The highest BCUT2D eigenvalue weighted by atomic mass is 19.2. The van der Waals surface area contributed by atoms with E-state index < -0.39 is 17.6 Å². The van der Waals surface area contributed by atoms with Crippen LogP contribution in [0.4, 0.5) is 14.5 Å². The van der Waals surface area contributed by atoms with Gasteiger partial charge in [0.2, 0.25) is 12.7 Å². The van der Waals surface area contributed by atoms with Crippen molar-refractivity contribution in [1.82, 2.24) is 0 Å². The molecule has 0 unspecified atom stereocenters. The Balaban J connectivity index is 1.89. The fraction of sp³-hybridized carbons (Fsp3) is 0.188. The third-order valence-electron chi connectivity index (χ3n) is 3.94. The molecule has 0 spiro atoms. The molecule has 0 aromatic heterocycles. The van der Waals surface area contributed by atoms with Gasteiger partial charge < -0.3 is 14.8 Å². The standard InChI is InChI=1S/C16H11F2NO3/c17-11-3-1-2-8(16(11)18)9-5-15(20)19-12-6-14-13(4-10(9)12)21-7-22-14/h1-4,6,9H,5,7H2,(H,19,20)/t9-/m1/s1. The highest BCUT2D eigenvalue weighted by molar-refractivity contribution is 5.96. The summed E-state index contributed by atoms with van der Waals surface area (Å²) in [5.41, 5.74) is 1.39. The van der Waals surface area contributed by atoms with Crippen molar-refractivity contribution < 1.29 is 23.0 Å². The summed E-state index contributed by atoms with van der Waals surface area (Å²) in [7, 11) is 0. The molecule has 1 atom stereocenters. The maximum Gasteiger partial charge on any atom is 0.231 e. The third-order valence-corrected chi connectivity index (χ3v) is 3.94. The van der Waals surface area contributed by atoms with E-state index in [-0.39, 0.29) is 24.7 Å². The molecule has 22 heavy (non-hydrogen) atoms. The molecule has 2 aliphatic heterocycles. The Labute approximate surface area is 124 Å². The molecule has 0 aliphatic carbocycles. The molecule has 2 aliphatic rings. The maximum absolute atomic E-state index is 14.1. The van der Waals surface area contributed by atoms with Gasteiger partial charge in [-0.2, -0.15) is 0 Å². The number of nitrogens with one attached hydrogen (secondary N) is 1. The van der Waals surface area contributed by atoms with Crippen LogP contribution in [0, 0.1) is 11.6 Å². The van der Waals surface area contributed by atoms with Crippen molar-refractivity contribution in [2.45, 2.75) is 12.3 Å². The summed E-state index contributed by atoms with van der Waals surface area (Å²) in [4.78, 5) is 11.9. The van der Waals surface area contributed by atoms with E-state index in [2.05, 4.69) is 5.32 Å². The van der Waals surface area contributed by atoms with Crippen LogP contribution in [-0.4, -0.2) is 12.7 Å². The zero-order valence-electron chi connectivity index (χ0n) is 11.4. The fourth-order valence-corrected chi connectivity index (χ4v) is 2.92. The molecule has 0 radical (unpaired) electrons. The number of amides is 1. The molecule has 0 fully saturated rings. The Morgan fingerprint density at radius 2 is 1.86 bits per heavy atom. The minimum Gasteiger partial charge on any atom is -0.454 e. The summed E-state index contributed by atoms with van der Waals surface area (Å²) >= 11 is 0. The first-order chi connectivity index (χ1) is 10.6. The minimum atomic E-state index is -0.925. The van der Waals surface area contributed by atoms with Gasteiger partial charge in [-0.15, -0.1) is 0 Å². The predicted molar refractivity (Wildman–Crippen MR) is 74.0 cm³/mol. The van der Waals surface area contributed by atoms with Gasteiger partial charge in [0, 0.05) is 24.1 Å². The third kappa shape index (κ3) is 1.91. The monoisotopic (exact) mass is 303 g/mol. The number of hydrogen-bond acceptors (Lipinski definition) is 3. The lowest BCUT2D eigenvalue weighted by atomic mass is 9.84. The van der Waals surface area contributed by atoms with Crippen LogP contribution in [0.3, 0.4) is 0 Å². The van der Waals surface area contributed by atoms with Gasteiger partial charge in [-0.1, -0.05) is 12.1 Å². The largest absolute Gasteiger partial charge is 0.454 e. The Bertz CT molecular complexity index is 791. The van der Waals surface area contributed by atoms with Crippen molar-refractivity contribution in [3.05, 3.63) is 53.1 Å². The second-order valence-corrected chi connectivity index (χ2v) is 5.24. The Hall–Kier alpha value is -2.63. The number of fused-ring (bicyclic) bond motifs is 2. The Morgan fingerprint density at radius 1 is 1.09 bits per heavy atom. The summed E-state index contributed by atoms with van der Waals surface area (Å²) < 4.78 is 38.2. The van der Waals surface area contributed by atoms with Gasteiger partial charge in [0.05, 0.1) is 0 Å². The smallest absolute Gasteiger partial charge is 0.231 e. The van der Waals surface area contributed by atoms with Gasteiger partial charge in [-0.3, -0.25) is 4.79 Å². The first-order valence-electron chi connectivity index (χ1n) is 6.81. The fourth-order valence-electron chi connectivity index (χ4n) is 2.92. The molecule has 2 heterocycles. The van der Waals surface area contributed by atoms with Crippen LogP contribution in [0.25, 0.3) is 0 Å². The van der Waals surface area contributed by atoms with Crippen molar-refractivity contribution in [2.24, 2.45) is 0 Å². The molecule has 1 N–H and O–H groups in total. The van der Waals surface area contributed by atoms with E-state index in [1.54, 1.807) is 12.1 Å². The van der Waals surface area contributed by atoms with E-state index in [1.807, 2.05) is 0 Å². The quantitative estimate of drug-likeness (QED) is 0.880. The van der Waals surface area contributed by atoms with E-state index in [1.165, 1.54) is 12.1 Å². The number of ether oxygens (including phenoxy) is 2. The molecule has 0 saturated carbocycles. The molecule has 4 rings (SSSR count). The van der Waals surface area contributed by atoms with E-state index in [0.717, 1.165) is 6.07 Å². The molecule has 2 aromatic rings. The van der Waals surface area contributed by atoms with Crippen molar-refractivity contribution in [1.29, 1.82) is 0 Å². The lowest BCUT2D eigenvalue weighted by Crippen LogP contribution is -2.24. The van der Waals surface area contributed by atoms with Gasteiger partial charge in [0.15, 0.2) is 23.1 Å². The first-order valence-corrected chi connectivity index (χ1v) is 6.81. The number of anilines is 1. The van der Waals surface area contributed by atoms with Crippen LogP contribution in [0.15, 0.2) is 30.3 Å². The zero-order chi connectivity index (χ0) is 15.3. The number of carbonyl (C=O) groups is 1. The summed E-state index contributed by atoms with van der Waals surface area (Å²) in [6.45, 7) is 0.102. The minimum absolute atomic E-state index is 0.0486. The maximum atomic E-state index is 14.1. The number of benzene rings is 2. The van der Waals surface area contributed by atoms with E-state index in [9.17, 15) is 13.6 Å². The lowest BCUT2D eigenvalue weighted by Gasteiger charge is -2.26. The van der Waals surface area contributed by atoms with Crippen LogP contribution >= 0.6 is 0 Å². The molecule has 0 saturated heterocycles. The zero-order valence-corrected chi connectivity index (χ0v) is 11.4. The van der Waals surface area contributed by atoms with Crippen LogP contribution < -0.4 is 14.8 Å². The molecular formula is C16H11F2NO3. The number of hydrogen-bond donors (Lipinski definition) is 1. The highest BCUT2D eigenvalue weighted by Gasteiger charge is 2.31. The van der Waals surface area contributed by atoms with Gasteiger partial charge >= 0.3 is 0 Å². The van der Waals surface area contributed by atoms with Crippen LogP contribution in [0.5, 0.6) is 11.5 Å². The first kappa shape index (κ1) is 13.1. The normalized spacial score (nSPS) is 18.8. The lowest BCUT2D eigenvalue weighted by molar-refractivity contribution is -0.116. The second-order valence-electron chi connectivity index (χ2n) is 5.24. The van der Waals surface area contributed by atoms with E-state index in [0.29, 0.717) is 22.7 Å². The Kier molecular flexibility index (Phi) is 2.79. The number of halogens is 2. The van der Waals surface area contributed by atoms with Gasteiger partial charge in [-0.25, -0.2) is 8.78 Å². The van der Waals surface area contributed by atoms with Gasteiger partial charge in [0.25, 0.3) is 0 Å². The van der Waals surface area contributed by atoms with E-state index in [4.69, 9.17) is 9.47 Å². The summed E-state index contributed by atoms with van der Waals surface area (Å²) in [6, 6.07) is 7.36. The average molecular weight is 303 g/mol. The van der Waals surface area contributed by atoms with E-state index >= 15 is 0 Å². The van der Waals surface area contributed by atoms with Crippen molar-refractivity contribution >= 4 is 11.6 Å².